The van der Waals surface area contributed by atoms with E-state index in [9.17, 15) is 0 Å². The minimum absolute atomic E-state index is 0.0544. The van der Waals surface area contributed by atoms with Crippen LogP contribution in [0.5, 0.6) is 0 Å². The lowest BCUT2D eigenvalue weighted by molar-refractivity contribution is 0.0207. The van der Waals surface area contributed by atoms with Gasteiger partial charge in [0.15, 0.2) is 0 Å². The molecular weight excluding hydrogens is 210 g/mol. The Bertz CT molecular complexity index is 360. The van der Waals surface area contributed by atoms with E-state index in [-0.39, 0.29) is 5.60 Å². The molecule has 0 bridgehead atoms. The van der Waals surface area contributed by atoms with Crippen molar-refractivity contribution in [2.24, 2.45) is 0 Å². The lowest BCUT2D eigenvalue weighted by atomic mass is 10.0. The maximum absolute atomic E-state index is 5.76. The van der Waals surface area contributed by atoms with Crippen LogP contribution >= 0.6 is 0 Å². The number of aryl methyl sites for hydroxylation is 2. The molecule has 0 saturated carbocycles. The molecule has 0 aliphatic carbocycles. The van der Waals surface area contributed by atoms with Crippen LogP contribution in [0.4, 0.5) is 0 Å². The fourth-order valence-electron chi connectivity index (χ4n) is 2.62. The average Bonchev–Trinajstić information content (AvgIpc) is 2.64. The summed E-state index contributed by atoms with van der Waals surface area (Å²) in [5.74, 6) is 0. The first-order valence-corrected chi connectivity index (χ1v) is 6.49. The van der Waals surface area contributed by atoms with E-state index >= 15 is 0 Å². The Morgan fingerprint density at radius 2 is 1.94 bits per heavy atom. The standard InChI is InChI=1S/C15H23NO/c1-12-7-13(2)9-14(8-12)10-16-11-15(3)5-4-6-17-15/h7-9,16H,4-6,10-11H2,1-3H3. The zero-order valence-electron chi connectivity index (χ0n) is 11.2. The van der Waals surface area contributed by atoms with Crippen LogP contribution in [0.25, 0.3) is 0 Å². The molecule has 1 fully saturated rings. The van der Waals surface area contributed by atoms with Crippen molar-refractivity contribution in [3.63, 3.8) is 0 Å². The molecule has 1 saturated heterocycles. The van der Waals surface area contributed by atoms with Gasteiger partial charge in [-0.2, -0.15) is 0 Å². The van der Waals surface area contributed by atoms with Crippen LogP contribution in [0.15, 0.2) is 18.2 Å². The SMILES string of the molecule is Cc1cc(C)cc(CNCC2(C)CCCO2)c1. The molecule has 0 aromatic heterocycles. The number of rotatable bonds is 4. The zero-order chi connectivity index (χ0) is 12.3. The second-order valence-electron chi connectivity index (χ2n) is 5.50. The first-order chi connectivity index (χ1) is 8.07. The normalized spacial score (nSPS) is 24.2. The van der Waals surface area contributed by atoms with E-state index in [1.165, 1.54) is 29.5 Å². The topological polar surface area (TPSA) is 21.3 Å². The fraction of sp³-hybridized carbons (Fsp3) is 0.600. The summed E-state index contributed by atoms with van der Waals surface area (Å²) >= 11 is 0. The number of nitrogens with one attached hydrogen (secondary N) is 1. The van der Waals surface area contributed by atoms with Crippen LogP contribution in [0.1, 0.15) is 36.5 Å². The van der Waals surface area contributed by atoms with Gasteiger partial charge in [-0.25, -0.2) is 0 Å². The Kier molecular flexibility index (Phi) is 3.85. The summed E-state index contributed by atoms with van der Waals surface area (Å²) in [5.41, 5.74) is 4.10. The van der Waals surface area contributed by atoms with Gasteiger partial charge in [0.2, 0.25) is 0 Å². The van der Waals surface area contributed by atoms with Crippen molar-refractivity contribution in [3.8, 4) is 0 Å². The third-order valence-electron chi connectivity index (χ3n) is 3.41. The molecule has 0 radical (unpaired) electrons. The van der Waals surface area contributed by atoms with E-state index in [4.69, 9.17) is 4.74 Å². The molecule has 1 N–H and O–H groups in total. The number of hydrogen-bond donors (Lipinski definition) is 1. The van der Waals surface area contributed by atoms with Gasteiger partial charge in [-0.3, -0.25) is 0 Å². The minimum atomic E-state index is 0.0544. The van der Waals surface area contributed by atoms with E-state index in [1.807, 2.05) is 0 Å². The molecular formula is C15H23NO. The van der Waals surface area contributed by atoms with Gasteiger partial charge in [0, 0.05) is 19.7 Å². The molecule has 1 heterocycles. The Morgan fingerprint density at radius 1 is 1.24 bits per heavy atom. The highest BCUT2D eigenvalue weighted by Crippen LogP contribution is 2.24. The van der Waals surface area contributed by atoms with Crippen LogP contribution in [-0.2, 0) is 11.3 Å². The summed E-state index contributed by atoms with van der Waals surface area (Å²) in [6.07, 6.45) is 2.37. The minimum Gasteiger partial charge on any atom is -0.374 e. The lowest BCUT2D eigenvalue weighted by Crippen LogP contribution is -2.36. The van der Waals surface area contributed by atoms with E-state index < -0.39 is 0 Å². The van der Waals surface area contributed by atoms with Gasteiger partial charge in [0.1, 0.15) is 0 Å². The molecule has 0 spiro atoms. The molecule has 0 amide bonds. The average molecular weight is 233 g/mol. The Morgan fingerprint density at radius 3 is 2.53 bits per heavy atom. The van der Waals surface area contributed by atoms with Gasteiger partial charge in [0.25, 0.3) is 0 Å². The van der Waals surface area contributed by atoms with Gasteiger partial charge in [0.05, 0.1) is 5.60 Å². The summed E-state index contributed by atoms with van der Waals surface area (Å²) in [6, 6.07) is 6.71. The summed E-state index contributed by atoms with van der Waals surface area (Å²) in [4.78, 5) is 0. The summed E-state index contributed by atoms with van der Waals surface area (Å²) in [7, 11) is 0. The highest BCUT2D eigenvalue weighted by atomic mass is 16.5. The highest BCUT2D eigenvalue weighted by Gasteiger charge is 2.28. The molecule has 2 heteroatoms. The Balaban J connectivity index is 1.85. The maximum Gasteiger partial charge on any atom is 0.0779 e. The predicted octanol–water partition coefficient (Wildman–Crippen LogP) is 2.96. The quantitative estimate of drug-likeness (QED) is 0.863. The maximum atomic E-state index is 5.76. The molecule has 1 aliphatic heterocycles. The smallest absolute Gasteiger partial charge is 0.0779 e. The van der Waals surface area contributed by atoms with Gasteiger partial charge < -0.3 is 10.1 Å². The van der Waals surface area contributed by atoms with Gasteiger partial charge in [-0.1, -0.05) is 29.3 Å². The monoisotopic (exact) mass is 233 g/mol. The highest BCUT2D eigenvalue weighted by molar-refractivity contribution is 5.28. The first kappa shape index (κ1) is 12.6. The number of benzene rings is 1. The summed E-state index contributed by atoms with van der Waals surface area (Å²) in [5, 5.41) is 3.51. The Hall–Kier alpha value is -0.860. The van der Waals surface area contributed by atoms with Crippen molar-refractivity contribution in [2.75, 3.05) is 13.2 Å². The number of hydrogen-bond acceptors (Lipinski definition) is 2. The van der Waals surface area contributed by atoms with Gasteiger partial charge in [-0.15, -0.1) is 0 Å². The third-order valence-corrected chi connectivity index (χ3v) is 3.41. The predicted molar refractivity (Wildman–Crippen MR) is 71.2 cm³/mol. The molecule has 1 atom stereocenters. The lowest BCUT2D eigenvalue weighted by Gasteiger charge is -2.23. The second-order valence-corrected chi connectivity index (χ2v) is 5.50. The van der Waals surface area contributed by atoms with Crippen LogP contribution in [0, 0.1) is 13.8 Å². The molecule has 1 aliphatic rings. The van der Waals surface area contributed by atoms with E-state index in [0.717, 1.165) is 19.7 Å². The van der Waals surface area contributed by atoms with Crippen molar-refractivity contribution in [1.29, 1.82) is 0 Å². The second kappa shape index (κ2) is 5.19. The van der Waals surface area contributed by atoms with Crippen LogP contribution in [0.2, 0.25) is 0 Å². The molecule has 94 valence electrons. The first-order valence-electron chi connectivity index (χ1n) is 6.49. The van der Waals surface area contributed by atoms with Crippen molar-refractivity contribution in [1.82, 2.24) is 5.32 Å². The van der Waals surface area contributed by atoms with E-state index in [1.54, 1.807) is 0 Å². The molecule has 1 unspecified atom stereocenters. The van der Waals surface area contributed by atoms with Crippen LogP contribution in [-0.4, -0.2) is 18.8 Å². The van der Waals surface area contributed by atoms with E-state index in [0.29, 0.717) is 0 Å². The number of ether oxygens (including phenoxy) is 1. The van der Waals surface area contributed by atoms with E-state index in [2.05, 4.69) is 44.3 Å². The van der Waals surface area contributed by atoms with Crippen LogP contribution < -0.4 is 5.32 Å². The largest absolute Gasteiger partial charge is 0.374 e. The zero-order valence-corrected chi connectivity index (χ0v) is 11.2. The third kappa shape index (κ3) is 3.55. The molecule has 2 rings (SSSR count). The van der Waals surface area contributed by atoms with Crippen molar-refractivity contribution < 1.29 is 4.74 Å². The van der Waals surface area contributed by atoms with Gasteiger partial charge >= 0.3 is 0 Å². The Labute approximate surface area is 104 Å². The van der Waals surface area contributed by atoms with Crippen molar-refractivity contribution >= 4 is 0 Å². The van der Waals surface area contributed by atoms with Crippen molar-refractivity contribution in [3.05, 3.63) is 34.9 Å². The van der Waals surface area contributed by atoms with Gasteiger partial charge in [-0.05, 0) is 39.2 Å². The summed E-state index contributed by atoms with van der Waals surface area (Å²) < 4.78 is 5.76. The van der Waals surface area contributed by atoms with Crippen molar-refractivity contribution in [2.45, 2.75) is 45.8 Å². The van der Waals surface area contributed by atoms with Crippen LogP contribution in [0.3, 0.4) is 0 Å². The fourth-order valence-corrected chi connectivity index (χ4v) is 2.62. The molecule has 1 aromatic rings. The summed E-state index contributed by atoms with van der Waals surface area (Å²) in [6.45, 7) is 9.30. The molecule has 17 heavy (non-hydrogen) atoms. The molecule has 1 aromatic carbocycles. The molecule has 2 nitrogen and oxygen atoms in total.